The molecule has 0 aliphatic rings. The summed E-state index contributed by atoms with van der Waals surface area (Å²) >= 11 is 0. The van der Waals surface area contributed by atoms with E-state index >= 15 is 0 Å². The topological polar surface area (TPSA) is 26.0 Å². The fourth-order valence-corrected chi connectivity index (χ4v) is 1.58. The Bertz CT molecular complexity index is 325. The maximum absolute atomic E-state index is 6.02. The van der Waals surface area contributed by atoms with Crippen LogP contribution in [0.15, 0.2) is 54.6 Å². The Hall–Kier alpha value is -1.34. The molecule has 0 radical (unpaired) electrons. The minimum atomic E-state index is 0.132. The van der Waals surface area contributed by atoms with Crippen molar-refractivity contribution in [2.45, 2.75) is 32.2 Å². The van der Waals surface area contributed by atoms with E-state index < -0.39 is 0 Å². The molecule has 0 aliphatic heterocycles. The molecule has 16 heavy (non-hydrogen) atoms. The second-order valence-corrected chi connectivity index (χ2v) is 3.93. The maximum atomic E-state index is 6.02. The third kappa shape index (κ3) is 5.52. The monoisotopic (exact) mass is 215 g/mol. The summed E-state index contributed by atoms with van der Waals surface area (Å²) in [6.07, 6.45) is 11.6. The van der Waals surface area contributed by atoms with Gasteiger partial charge in [-0.15, -0.1) is 0 Å². The standard InChI is InChI=1S/C15H21N/c1-2-3-4-5-9-12-15(16)13-14-10-7-6-8-11-14/h2-3,6-12,15H,4-5,13,16H2,1H3/b3-2+,12-9+. The summed E-state index contributed by atoms with van der Waals surface area (Å²) in [4.78, 5) is 0. The molecule has 0 saturated heterocycles. The Kier molecular flexibility index (Phi) is 6.28. The highest BCUT2D eigenvalue weighted by Crippen LogP contribution is 2.03. The average molecular weight is 215 g/mol. The van der Waals surface area contributed by atoms with Crippen LogP contribution >= 0.6 is 0 Å². The average Bonchev–Trinajstić information content (AvgIpc) is 2.30. The highest BCUT2D eigenvalue weighted by molar-refractivity contribution is 5.17. The molecule has 0 bridgehead atoms. The smallest absolute Gasteiger partial charge is 0.0264 e. The zero-order valence-electron chi connectivity index (χ0n) is 9.97. The van der Waals surface area contributed by atoms with Crippen LogP contribution in [-0.2, 0) is 6.42 Å². The van der Waals surface area contributed by atoms with Crippen molar-refractivity contribution < 1.29 is 0 Å². The summed E-state index contributed by atoms with van der Waals surface area (Å²) < 4.78 is 0. The highest BCUT2D eigenvalue weighted by atomic mass is 14.6. The van der Waals surface area contributed by atoms with E-state index in [-0.39, 0.29) is 6.04 Å². The van der Waals surface area contributed by atoms with Crippen LogP contribution in [0.1, 0.15) is 25.3 Å². The number of hydrogen-bond donors (Lipinski definition) is 1. The fraction of sp³-hybridized carbons (Fsp3) is 0.333. The van der Waals surface area contributed by atoms with Crippen LogP contribution in [0.2, 0.25) is 0 Å². The van der Waals surface area contributed by atoms with Crippen LogP contribution in [0.25, 0.3) is 0 Å². The van der Waals surface area contributed by atoms with Gasteiger partial charge in [-0.1, -0.05) is 54.6 Å². The van der Waals surface area contributed by atoms with Gasteiger partial charge in [0.1, 0.15) is 0 Å². The molecule has 0 spiro atoms. The van der Waals surface area contributed by atoms with E-state index in [9.17, 15) is 0 Å². The predicted octanol–water partition coefficient (Wildman–Crippen LogP) is 3.47. The van der Waals surface area contributed by atoms with Crippen molar-refractivity contribution in [1.29, 1.82) is 0 Å². The lowest BCUT2D eigenvalue weighted by Gasteiger charge is -2.05. The second-order valence-electron chi connectivity index (χ2n) is 3.93. The molecule has 0 aromatic heterocycles. The molecule has 0 saturated carbocycles. The van der Waals surface area contributed by atoms with Crippen molar-refractivity contribution in [3.8, 4) is 0 Å². The molecule has 0 fully saturated rings. The normalized spacial score (nSPS) is 13.6. The molecule has 1 rings (SSSR count). The van der Waals surface area contributed by atoms with Gasteiger partial charge in [-0.25, -0.2) is 0 Å². The molecule has 86 valence electrons. The number of nitrogens with two attached hydrogens (primary N) is 1. The van der Waals surface area contributed by atoms with E-state index in [2.05, 4.69) is 48.6 Å². The first-order valence-electron chi connectivity index (χ1n) is 5.90. The Balaban J connectivity index is 2.28. The van der Waals surface area contributed by atoms with Crippen LogP contribution < -0.4 is 5.73 Å². The molecular weight excluding hydrogens is 194 g/mol. The van der Waals surface area contributed by atoms with Crippen LogP contribution in [0.5, 0.6) is 0 Å². The molecule has 0 heterocycles. The zero-order valence-corrected chi connectivity index (χ0v) is 9.97. The van der Waals surface area contributed by atoms with E-state index in [1.807, 2.05) is 13.0 Å². The molecule has 0 aliphatic carbocycles. The molecule has 2 N–H and O–H groups in total. The van der Waals surface area contributed by atoms with Crippen LogP contribution in [0.3, 0.4) is 0 Å². The largest absolute Gasteiger partial charge is 0.324 e. The quantitative estimate of drug-likeness (QED) is 0.570. The summed E-state index contributed by atoms with van der Waals surface area (Å²) in [6.45, 7) is 2.05. The van der Waals surface area contributed by atoms with E-state index in [0.29, 0.717) is 0 Å². The van der Waals surface area contributed by atoms with E-state index in [1.54, 1.807) is 0 Å². The molecule has 1 heteroatoms. The maximum Gasteiger partial charge on any atom is 0.0264 e. The van der Waals surface area contributed by atoms with Crippen LogP contribution in [0.4, 0.5) is 0 Å². The van der Waals surface area contributed by atoms with Gasteiger partial charge in [-0.05, 0) is 31.7 Å². The summed E-state index contributed by atoms with van der Waals surface area (Å²) in [5.74, 6) is 0. The number of allylic oxidation sites excluding steroid dienone is 3. The van der Waals surface area contributed by atoms with Crippen LogP contribution in [0, 0.1) is 0 Å². The summed E-state index contributed by atoms with van der Waals surface area (Å²) in [6, 6.07) is 10.5. The number of unbranched alkanes of at least 4 members (excludes halogenated alkanes) is 1. The van der Waals surface area contributed by atoms with Crippen molar-refractivity contribution in [3.05, 3.63) is 60.2 Å². The third-order valence-electron chi connectivity index (χ3n) is 2.43. The van der Waals surface area contributed by atoms with Crippen molar-refractivity contribution >= 4 is 0 Å². The zero-order chi connectivity index (χ0) is 11.6. The fourth-order valence-electron chi connectivity index (χ4n) is 1.58. The lowest BCUT2D eigenvalue weighted by molar-refractivity contribution is 0.804. The Labute approximate surface area is 98.7 Å². The molecule has 0 amide bonds. The second kappa shape index (κ2) is 7.89. The summed E-state index contributed by atoms with van der Waals surface area (Å²) in [5, 5.41) is 0. The number of hydrogen-bond acceptors (Lipinski definition) is 1. The molecular formula is C15H21N. The van der Waals surface area contributed by atoms with Crippen molar-refractivity contribution in [2.75, 3.05) is 0 Å². The first kappa shape index (κ1) is 12.7. The van der Waals surface area contributed by atoms with Gasteiger partial charge in [0.2, 0.25) is 0 Å². The Morgan fingerprint density at radius 1 is 1.12 bits per heavy atom. The van der Waals surface area contributed by atoms with Gasteiger partial charge in [0.15, 0.2) is 0 Å². The molecule has 1 unspecified atom stereocenters. The highest BCUT2D eigenvalue weighted by Gasteiger charge is 1.98. The molecule has 1 aromatic carbocycles. The van der Waals surface area contributed by atoms with Gasteiger partial charge in [-0.3, -0.25) is 0 Å². The van der Waals surface area contributed by atoms with Gasteiger partial charge >= 0.3 is 0 Å². The van der Waals surface area contributed by atoms with E-state index in [0.717, 1.165) is 19.3 Å². The third-order valence-corrected chi connectivity index (χ3v) is 2.43. The summed E-state index contributed by atoms with van der Waals surface area (Å²) in [5.41, 5.74) is 7.31. The first-order valence-corrected chi connectivity index (χ1v) is 5.90. The Morgan fingerprint density at radius 2 is 1.81 bits per heavy atom. The van der Waals surface area contributed by atoms with Crippen LogP contribution in [-0.4, -0.2) is 6.04 Å². The van der Waals surface area contributed by atoms with Crippen molar-refractivity contribution in [1.82, 2.24) is 0 Å². The van der Waals surface area contributed by atoms with Gasteiger partial charge in [0, 0.05) is 6.04 Å². The lowest BCUT2D eigenvalue weighted by Crippen LogP contribution is -2.19. The molecule has 1 nitrogen and oxygen atoms in total. The van der Waals surface area contributed by atoms with Gasteiger partial charge in [-0.2, -0.15) is 0 Å². The predicted molar refractivity (Wildman–Crippen MR) is 71.3 cm³/mol. The summed E-state index contributed by atoms with van der Waals surface area (Å²) in [7, 11) is 0. The van der Waals surface area contributed by atoms with Gasteiger partial charge < -0.3 is 5.73 Å². The molecule has 1 atom stereocenters. The number of benzene rings is 1. The Morgan fingerprint density at radius 3 is 2.50 bits per heavy atom. The first-order chi connectivity index (χ1) is 7.83. The van der Waals surface area contributed by atoms with E-state index in [4.69, 9.17) is 5.73 Å². The number of rotatable bonds is 6. The van der Waals surface area contributed by atoms with Crippen molar-refractivity contribution in [3.63, 3.8) is 0 Å². The van der Waals surface area contributed by atoms with Crippen molar-refractivity contribution in [2.24, 2.45) is 5.73 Å². The van der Waals surface area contributed by atoms with Gasteiger partial charge in [0.25, 0.3) is 0 Å². The minimum absolute atomic E-state index is 0.132. The molecule has 1 aromatic rings. The SMILES string of the molecule is C/C=C/CC/C=C/C(N)Cc1ccccc1. The lowest BCUT2D eigenvalue weighted by atomic mass is 10.1. The minimum Gasteiger partial charge on any atom is -0.324 e. The van der Waals surface area contributed by atoms with E-state index in [1.165, 1.54) is 5.56 Å². The van der Waals surface area contributed by atoms with Gasteiger partial charge in [0.05, 0.1) is 0 Å².